The van der Waals surface area contributed by atoms with Gasteiger partial charge in [0.05, 0.1) is 6.61 Å². The lowest BCUT2D eigenvalue weighted by molar-refractivity contribution is -0.285. The van der Waals surface area contributed by atoms with Gasteiger partial charge in [-0.25, -0.2) is 0 Å². The third-order valence-electron chi connectivity index (χ3n) is 4.53. The summed E-state index contributed by atoms with van der Waals surface area (Å²) in [6, 6.07) is 0. The van der Waals surface area contributed by atoms with Gasteiger partial charge < -0.3 is 9.84 Å². The van der Waals surface area contributed by atoms with E-state index in [0.29, 0.717) is 0 Å². The highest BCUT2D eigenvalue weighted by Crippen LogP contribution is 2.28. The average Bonchev–Trinajstić information content (AvgIpc) is 2.42. The number of ether oxygens (including phenoxy) is 1. The molecule has 0 spiro atoms. The van der Waals surface area contributed by atoms with Crippen LogP contribution in [-0.2, 0) is 4.74 Å². The van der Waals surface area contributed by atoms with Gasteiger partial charge >= 0.3 is 0 Å². The zero-order chi connectivity index (χ0) is 14.5. The quantitative estimate of drug-likeness (QED) is 0.422. The summed E-state index contributed by atoms with van der Waals surface area (Å²) >= 11 is 0. The van der Waals surface area contributed by atoms with Crippen LogP contribution in [0.1, 0.15) is 103 Å². The molecule has 1 saturated heterocycles. The van der Waals surface area contributed by atoms with Crippen molar-refractivity contribution in [1.29, 1.82) is 0 Å². The fourth-order valence-electron chi connectivity index (χ4n) is 2.95. The standard InChI is InChI=1S/C18H36O2/c1-2-3-4-5-6-7-8-9-10-11-12-13-14-15-18(19)16-17-20-18/h19H,2-17H2,1H3. The predicted octanol–water partition coefficient (Wildman–Crippen LogP) is 5.58. The minimum absolute atomic E-state index is 0.738. The van der Waals surface area contributed by atoms with Crippen molar-refractivity contribution < 1.29 is 9.84 Å². The van der Waals surface area contributed by atoms with Crippen LogP contribution < -0.4 is 0 Å². The van der Waals surface area contributed by atoms with E-state index in [9.17, 15) is 5.11 Å². The lowest BCUT2D eigenvalue weighted by Crippen LogP contribution is -2.43. The normalized spacial score (nSPS) is 21.9. The summed E-state index contributed by atoms with van der Waals surface area (Å²) < 4.78 is 5.18. The van der Waals surface area contributed by atoms with E-state index < -0.39 is 5.79 Å². The molecule has 1 heterocycles. The topological polar surface area (TPSA) is 29.5 Å². The summed E-state index contributed by atoms with van der Waals surface area (Å²) in [5, 5.41) is 9.76. The third kappa shape index (κ3) is 8.97. The Kier molecular flexibility index (Phi) is 10.4. The van der Waals surface area contributed by atoms with E-state index >= 15 is 0 Å². The maximum absolute atomic E-state index is 9.76. The van der Waals surface area contributed by atoms with Crippen molar-refractivity contribution in [3.05, 3.63) is 0 Å². The van der Waals surface area contributed by atoms with E-state index in [1.807, 2.05) is 0 Å². The van der Waals surface area contributed by atoms with E-state index in [0.717, 1.165) is 25.9 Å². The summed E-state index contributed by atoms with van der Waals surface area (Å²) in [5.41, 5.74) is 0. The molecule has 1 N–H and O–H groups in total. The molecule has 1 fully saturated rings. The van der Waals surface area contributed by atoms with Gasteiger partial charge in [-0.05, 0) is 6.42 Å². The first kappa shape index (κ1) is 18.0. The number of rotatable bonds is 14. The zero-order valence-corrected chi connectivity index (χ0v) is 13.7. The van der Waals surface area contributed by atoms with Crippen LogP contribution in [0.4, 0.5) is 0 Å². The molecule has 1 aliphatic heterocycles. The van der Waals surface area contributed by atoms with Gasteiger partial charge in [0.25, 0.3) is 0 Å². The minimum atomic E-state index is -0.738. The van der Waals surface area contributed by atoms with Crippen molar-refractivity contribution in [1.82, 2.24) is 0 Å². The Labute approximate surface area is 126 Å². The Morgan fingerprint density at radius 2 is 1.15 bits per heavy atom. The molecule has 0 aromatic rings. The Morgan fingerprint density at radius 3 is 1.50 bits per heavy atom. The summed E-state index contributed by atoms with van der Waals surface area (Å²) in [7, 11) is 0. The molecule has 0 amide bonds. The SMILES string of the molecule is CCCCCCCCCCCCCCCC1(O)CCO1. The molecule has 0 aromatic heterocycles. The highest BCUT2D eigenvalue weighted by atomic mass is 16.6. The van der Waals surface area contributed by atoms with Crippen LogP contribution in [0.25, 0.3) is 0 Å². The van der Waals surface area contributed by atoms with Gasteiger partial charge in [0, 0.05) is 12.8 Å². The monoisotopic (exact) mass is 284 g/mol. The van der Waals surface area contributed by atoms with Gasteiger partial charge in [-0.15, -0.1) is 0 Å². The van der Waals surface area contributed by atoms with Gasteiger partial charge in [0.2, 0.25) is 0 Å². The first-order valence-electron chi connectivity index (χ1n) is 9.13. The molecular weight excluding hydrogens is 248 g/mol. The molecule has 0 bridgehead atoms. The highest BCUT2D eigenvalue weighted by Gasteiger charge is 2.34. The second-order valence-electron chi connectivity index (χ2n) is 6.54. The fourth-order valence-corrected chi connectivity index (χ4v) is 2.95. The first-order chi connectivity index (χ1) is 9.77. The van der Waals surface area contributed by atoms with Crippen LogP contribution in [0.2, 0.25) is 0 Å². The summed E-state index contributed by atoms with van der Waals surface area (Å²) in [4.78, 5) is 0. The number of unbranched alkanes of at least 4 members (excludes halogenated alkanes) is 12. The van der Waals surface area contributed by atoms with E-state index in [1.165, 1.54) is 77.0 Å². The van der Waals surface area contributed by atoms with Crippen LogP contribution in [0.3, 0.4) is 0 Å². The molecule has 0 aromatic carbocycles. The average molecular weight is 284 g/mol. The Morgan fingerprint density at radius 1 is 0.750 bits per heavy atom. The molecule has 1 rings (SSSR count). The smallest absolute Gasteiger partial charge is 0.167 e. The maximum atomic E-state index is 9.76. The molecule has 0 aliphatic carbocycles. The van der Waals surface area contributed by atoms with E-state index in [1.54, 1.807) is 0 Å². The second kappa shape index (κ2) is 11.6. The second-order valence-corrected chi connectivity index (χ2v) is 6.54. The summed E-state index contributed by atoms with van der Waals surface area (Å²) in [6.45, 7) is 3.02. The van der Waals surface area contributed by atoms with Crippen LogP contribution in [0, 0.1) is 0 Å². The number of hydrogen-bond donors (Lipinski definition) is 1. The molecule has 2 heteroatoms. The number of aliphatic hydroxyl groups is 1. The molecule has 0 saturated carbocycles. The third-order valence-corrected chi connectivity index (χ3v) is 4.53. The lowest BCUT2D eigenvalue weighted by Gasteiger charge is -2.36. The molecule has 120 valence electrons. The van der Waals surface area contributed by atoms with Gasteiger partial charge in [-0.1, -0.05) is 84.0 Å². The molecule has 20 heavy (non-hydrogen) atoms. The van der Waals surface area contributed by atoms with Crippen LogP contribution >= 0.6 is 0 Å². The van der Waals surface area contributed by atoms with E-state index in [2.05, 4.69) is 6.92 Å². The van der Waals surface area contributed by atoms with Crippen molar-refractivity contribution in [2.45, 2.75) is 109 Å². The van der Waals surface area contributed by atoms with Crippen molar-refractivity contribution in [2.75, 3.05) is 6.61 Å². The largest absolute Gasteiger partial charge is 0.365 e. The van der Waals surface area contributed by atoms with E-state index in [4.69, 9.17) is 4.74 Å². The summed E-state index contributed by atoms with van der Waals surface area (Å²) in [5.74, 6) is -0.738. The van der Waals surface area contributed by atoms with Crippen molar-refractivity contribution in [3.63, 3.8) is 0 Å². The molecule has 0 radical (unpaired) electrons. The predicted molar refractivity (Wildman–Crippen MR) is 85.8 cm³/mol. The Bertz CT molecular complexity index is 211. The van der Waals surface area contributed by atoms with Crippen molar-refractivity contribution in [2.24, 2.45) is 0 Å². The minimum Gasteiger partial charge on any atom is -0.365 e. The molecule has 2 nitrogen and oxygen atoms in total. The van der Waals surface area contributed by atoms with Crippen molar-refractivity contribution in [3.8, 4) is 0 Å². The van der Waals surface area contributed by atoms with Crippen LogP contribution in [0.15, 0.2) is 0 Å². The summed E-state index contributed by atoms with van der Waals surface area (Å²) in [6.07, 6.45) is 19.5. The maximum Gasteiger partial charge on any atom is 0.167 e. The molecule has 1 unspecified atom stereocenters. The lowest BCUT2D eigenvalue weighted by atomic mass is 9.99. The van der Waals surface area contributed by atoms with Gasteiger partial charge in [-0.2, -0.15) is 0 Å². The zero-order valence-electron chi connectivity index (χ0n) is 13.7. The molecule has 1 aliphatic rings. The van der Waals surface area contributed by atoms with Gasteiger partial charge in [0.15, 0.2) is 5.79 Å². The van der Waals surface area contributed by atoms with E-state index in [-0.39, 0.29) is 0 Å². The first-order valence-corrected chi connectivity index (χ1v) is 9.13. The molecular formula is C18H36O2. The van der Waals surface area contributed by atoms with Gasteiger partial charge in [-0.3, -0.25) is 0 Å². The van der Waals surface area contributed by atoms with Crippen LogP contribution in [-0.4, -0.2) is 17.5 Å². The Hall–Kier alpha value is -0.0800. The van der Waals surface area contributed by atoms with Crippen molar-refractivity contribution >= 4 is 0 Å². The Balaban J connectivity index is 1.68. The highest BCUT2D eigenvalue weighted by molar-refractivity contribution is 4.74. The van der Waals surface area contributed by atoms with Crippen LogP contribution in [0.5, 0.6) is 0 Å². The fraction of sp³-hybridized carbons (Fsp3) is 1.00. The van der Waals surface area contributed by atoms with Gasteiger partial charge in [0.1, 0.15) is 0 Å². The number of hydrogen-bond acceptors (Lipinski definition) is 2. The molecule has 1 atom stereocenters.